The first-order valence-corrected chi connectivity index (χ1v) is 13.4. The quantitative estimate of drug-likeness (QED) is 0.459. The highest BCUT2D eigenvalue weighted by Crippen LogP contribution is 2.39. The molecule has 0 aliphatic carbocycles. The fourth-order valence-electron chi connectivity index (χ4n) is 4.94. The highest BCUT2D eigenvalue weighted by atomic mass is 32.2. The average molecular weight is 537 g/mol. The lowest BCUT2D eigenvalue weighted by Crippen LogP contribution is -2.49. The fourth-order valence-corrected chi connectivity index (χ4v) is 6.26. The van der Waals surface area contributed by atoms with Gasteiger partial charge in [-0.15, -0.1) is 0 Å². The van der Waals surface area contributed by atoms with Gasteiger partial charge in [-0.05, 0) is 18.9 Å². The molecular weight excluding hydrogens is 509 g/mol. The van der Waals surface area contributed by atoms with Gasteiger partial charge in [0.1, 0.15) is 35.3 Å². The minimum absolute atomic E-state index is 0.0310. The van der Waals surface area contributed by atoms with E-state index in [1.165, 1.54) is 23.0 Å². The van der Waals surface area contributed by atoms with Crippen LogP contribution in [0.15, 0.2) is 35.4 Å². The Bertz CT molecular complexity index is 1400. The van der Waals surface area contributed by atoms with E-state index in [1.807, 2.05) is 0 Å². The summed E-state index contributed by atoms with van der Waals surface area (Å²) in [4.78, 5) is 23.9. The number of aryl methyl sites for hydroxylation is 1. The van der Waals surface area contributed by atoms with Crippen molar-refractivity contribution < 1.29 is 26.9 Å². The topological polar surface area (TPSA) is 86.6 Å². The summed E-state index contributed by atoms with van der Waals surface area (Å²) in [6, 6.07) is 5.62. The Morgan fingerprint density at radius 2 is 2.00 bits per heavy atom. The number of anilines is 1. The molecule has 0 amide bonds. The zero-order chi connectivity index (χ0) is 26.3. The molecule has 2 saturated heterocycles. The van der Waals surface area contributed by atoms with Crippen LogP contribution in [0.3, 0.4) is 0 Å². The molecule has 0 saturated carbocycles. The Balaban J connectivity index is 1.59. The van der Waals surface area contributed by atoms with Crippen LogP contribution in [0.5, 0.6) is 0 Å². The number of halogens is 3. The molecule has 0 radical (unpaired) electrons. The SMILES string of the molecule is CN(Cc1cccc(C(F)F)c1F)c1ncnc2c1cc(C1(OC3COC3)CCS(=O)CC1)c(=O)n2C. The number of rotatable bonds is 7. The predicted octanol–water partition coefficient (Wildman–Crippen LogP) is 3.19. The second kappa shape index (κ2) is 10.1. The van der Waals surface area contributed by atoms with Gasteiger partial charge in [-0.2, -0.15) is 0 Å². The number of aromatic nitrogens is 3. The van der Waals surface area contributed by atoms with E-state index in [4.69, 9.17) is 9.47 Å². The van der Waals surface area contributed by atoms with Crippen molar-refractivity contribution in [2.24, 2.45) is 7.05 Å². The second-order valence-corrected chi connectivity index (χ2v) is 11.1. The van der Waals surface area contributed by atoms with E-state index in [0.717, 1.165) is 6.07 Å². The Kier molecular flexibility index (Phi) is 7.08. The maximum atomic E-state index is 14.7. The van der Waals surface area contributed by atoms with Gasteiger partial charge in [0.25, 0.3) is 12.0 Å². The monoisotopic (exact) mass is 536 g/mol. The molecule has 3 aromatic rings. The molecular formula is C25H27F3N4O4S. The molecule has 4 heterocycles. The smallest absolute Gasteiger partial charge is 0.266 e. The van der Waals surface area contributed by atoms with Crippen LogP contribution in [-0.2, 0) is 39.5 Å². The zero-order valence-corrected chi connectivity index (χ0v) is 21.3. The maximum Gasteiger partial charge on any atom is 0.266 e. The third kappa shape index (κ3) is 4.77. The summed E-state index contributed by atoms with van der Waals surface area (Å²) in [5, 5.41) is 0.534. The van der Waals surface area contributed by atoms with Crippen molar-refractivity contribution in [2.75, 3.05) is 36.7 Å². The van der Waals surface area contributed by atoms with E-state index in [-0.39, 0.29) is 23.8 Å². The minimum atomic E-state index is -2.93. The van der Waals surface area contributed by atoms with Crippen molar-refractivity contribution in [1.29, 1.82) is 0 Å². The van der Waals surface area contributed by atoms with Crippen LogP contribution >= 0.6 is 0 Å². The van der Waals surface area contributed by atoms with Crippen LogP contribution in [0.2, 0.25) is 0 Å². The summed E-state index contributed by atoms with van der Waals surface area (Å²) in [7, 11) is 2.30. The van der Waals surface area contributed by atoms with Crippen LogP contribution < -0.4 is 10.5 Å². The van der Waals surface area contributed by atoms with Crippen LogP contribution in [-0.4, -0.2) is 56.6 Å². The van der Waals surface area contributed by atoms with E-state index in [0.29, 0.717) is 60.0 Å². The van der Waals surface area contributed by atoms with Crippen molar-refractivity contribution >= 4 is 27.7 Å². The number of pyridine rings is 1. The standard InChI is InChI=1S/C25H27F3N4O4S/c1-31(11-15-4-3-5-17(20(15)26)21(27)28)22-18-10-19(24(33)32(2)23(18)30-14-29-22)25(36-16-12-35-13-16)6-8-37(34)9-7-25/h3-5,10,14,16,21H,6-9,11-13H2,1-2H3. The second-order valence-electron chi connectivity index (χ2n) is 9.45. The van der Waals surface area contributed by atoms with Gasteiger partial charge in [0.05, 0.1) is 29.7 Å². The van der Waals surface area contributed by atoms with Gasteiger partial charge >= 0.3 is 0 Å². The molecule has 37 heavy (non-hydrogen) atoms. The number of alkyl halides is 2. The Hall–Kier alpha value is -2.83. The highest BCUT2D eigenvalue weighted by Gasteiger charge is 2.43. The average Bonchev–Trinajstić information content (AvgIpc) is 2.85. The maximum absolute atomic E-state index is 14.7. The van der Waals surface area contributed by atoms with Gasteiger partial charge in [-0.3, -0.25) is 13.6 Å². The molecule has 2 aliphatic rings. The number of hydrogen-bond acceptors (Lipinski definition) is 7. The summed E-state index contributed by atoms with van der Waals surface area (Å²) < 4.78 is 66.5. The molecule has 2 aliphatic heterocycles. The molecule has 0 atom stereocenters. The number of benzene rings is 1. The minimum Gasteiger partial charge on any atom is -0.376 e. The van der Waals surface area contributed by atoms with Gasteiger partial charge in [-0.1, -0.05) is 18.2 Å². The predicted molar refractivity (Wildman–Crippen MR) is 133 cm³/mol. The first-order chi connectivity index (χ1) is 17.7. The summed E-state index contributed by atoms with van der Waals surface area (Å²) >= 11 is 0. The number of fused-ring (bicyclic) bond motifs is 1. The van der Waals surface area contributed by atoms with Crippen molar-refractivity contribution in [1.82, 2.24) is 14.5 Å². The zero-order valence-electron chi connectivity index (χ0n) is 20.5. The Morgan fingerprint density at radius 1 is 1.27 bits per heavy atom. The largest absolute Gasteiger partial charge is 0.376 e. The molecule has 5 rings (SSSR count). The van der Waals surface area contributed by atoms with E-state index in [9.17, 15) is 22.2 Å². The van der Waals surface area contributed by atoms with E-state index in [2.05, 4.69) is 9.97 Å². The van der Waals surface area contributed by atoms with Gasteiger partial charge in [0.15, 0.2) is 0 Å². The lowest BCUT2D eigenvalue weighted by molar-refractivity contribution is -0.200. The van der Waals surface area contributed by atoms with Crippen molar-refractivity contribution in [3.05, 3.63) is 63.5 Å². The molecule has 2 fully saturated rings. The number of ether oxygens (including phenoxy) is 2. The van der Waals surface area contributed by atoms with Crippen LogP contribution in [0.25, 0.3) is 11.0 Å². The van der Waals surface area contributed by atoms with Crippen LogP contribution in [0, 0.1) is 5.82 Å². The number of hydrogen-bond donors (Lipinski definition) is 0. The summed E-state index contributed by atoms with van der Waals surface area (Å²) in [5.74, 6) is 0.269. The molecule has 0 unspecified atom stereocenters. The van der Waals surface area contributed by atoms with Crippen molar-refractivity contribution in [3.63, 3.8) is 0 Å². The van der Waals surface area contributed by atoms with E-state index >= 15 is 0 Å². The molecule has 8 nitrogen and oxygen atoms in total. The fraction of sp³-hybridized carbons (Fsp3) is 0.480. The molecule has 12 heteroatoms. The number of nitrogens with zero attached hydrogens (tertiary/aromatic N) is 4. The van der Waals surface area contributed by atoms with Crippen LogP contribution in [0.1, 0.15) is 36.0 Å². The Morgan fingerprint density at radius 3 is 2.65 bits per heavy atom. The van der Waals surface area contributed by atoms with Gasteiger partial charge in [0.2, 0.25) is 0 Å². The lowest BCUT2D eigenvalue weighted by atomic mass is 9.87. The summed E-state index contributed by atoms with van der Waals surface area (Å²) in [5.41, 5.74) is -0.985. The van der Waals surface area contributed by atoms with Gasteiger partial charge < -0.3 is 14.4 Å². The van der Waals surface area contributed by atoms with Crippen LogP contribution in [0.4, 0.5) is 19.0 Å². The Labute approximate surface area is 213 Å². The normalized spacial score (nSPS) is 22.4. The van der Waals surface area contributed by atoms with Crippen molar-refractivity contribution in [3.8, 4) is 0 Å². The summed E-state index contributed by atoms with van der Waals surface area (Å²) in [6.07, 6.45) is -0.945. The summed E-state index contributed by atoms with van der Waals surface area (Å²) in [6.45, 7) is 0.828. The van der Waals surface area contributed by atoms with E-state index < -0.39 is 34.2 Å². The van der Waals surface area contributed by atoms with E-state index in [1.54, 1.807) is 25.1 Å². The third-order valence-electron chi connectivity index (χ3n) is 7.05. The lowest BCUT2D eigenvalue weighted by Gasteiger charge is -2.42. The molecule has 2 aromatic heterocycles. The molecule has 0 spiro atoms. The third-order valence-corrected chi connectivity index (χ3v) is 8.37. The highest BCUT2D eigenvalue weighted by molar-refractivity contribution is 7.85. The van der Waals surface area contributed by atoms with Gasteiger partial charge in [0, 0.05) is 48.5 Å². The van der Waals surface area contributed by atoms with Crippen molar-refractivity contribution in [2.45, 2.75) is 37.5 Å². The molecule has 0 N–H and O–H groups in total. The van der Waals surface area contributed by atoms with Gasteiger partial charge in [-0.25, -0.2) is 23.1 Å². The molecule has 0 bridgehead atoms. The first-order valence-electron chi connectivity index (χ1n) is 11.9. The first kappa shape index (κ1) is 25.8. The molecule has 1 aromatic carbocycles. The molecule has 198 valence electrons.